The van der Waals surface area contributed by atoms with Crippen molar-refractivity contribution in [1.29, 1.82) is 0 Å². The van der Waals surface area contributed by atoms with Crippen molar-refractivity contribution in [3.05, 3.63) is 70.5 Å². The van der Waals surface area contributed by atoms with E-state index in [4.69, 9.17) is 11.6 Å². The molecule has 0 aromatic heterocycles. The van der Waals surface area contributed by atoms with Crippen LogP contribution in [0.5, 0.6) is 0 Å². The SMILES string of the molecule is O=C(c1cccc(F)c1)N1CC2CC2(c2ccc(Cl)cc2)C1. The molecule has 0 radical (unpaired) electrons. The van der Waals surface area contributed by atoms with Gasteiger partial charge >= 0.3 is 0 Å². The number of benzene rings is 2. The van der Waals surface area contributed by atoms with Crippen LogP contribution in [0.3, 0.4) is 0 Å². The van der Waals surface area contributed by atoms with E-state index in [1.807, 2.05) is 17.0 Å². The zero-order valence-electron chi connectivity index (χ0n) is 11.9. The number of halogens is 2. The molecule has 2 aromatic rings. The normalized spacial score (nSPS) is 25.9. The van der Waals surface area contributed by atoms with Crippen LogP contribution < -0.4 is 0 Å². The Labute approximate surface area is 133 Å². The van der Waals surface area contributed by atoms with Crippen LogP contribution in [0.2, 0.25) is 5.02 Å². The number of carbonyl (C=O) groups is 1. The lowest BCUT2D eigenvalue weighted by molar-refractivity contribution is 0.0772. The molecule has 2 aromatic carbocycles. The van der Waals surface area contributed by atoms with E-state index < -0.39 is 0 Å². The van der Waals surface area contributed by atoms with Crippen molar-refractivity contribution in [2.24, 2.45) is 5.92 Å². The van der Waals surface area contributed by atoms with Crippen LogP contribution >= 0.6 is 11.6 Å². The molecule has 1 amide bonds. The van der Waals surface area contributed by atoms with Crippen molar-refractivity contribution in [2.45, 2.75) is 11.8 Å². The number of amides is 1. The van der Waals surface area contributed by atoms with Gasteiger partial charge in [-0.15, -0.1) is 0 Å². The Morgan fingerprint density at radius 2 is 2.00 bits per heavy atom. The second kappa shape index (κ2) is 4.82. The van der Waals surface area contributed by atoms with Gasteiger partial charge < -0.3 is 4.90 Å². The largest absolute Gasteiger partial charge is 0.337 e. The van der Waals surface area contributed by atoms with Gasteiger partial charge in [-0.3, -0.25) is 4.79 Å². The molecule has 2 aliphatic rings. The Morgan fingerprint density at radius 3 is 2.73 bits per heavy atom. The molecule has 4 heteroatoms. The summed E-state index contributed by atoms with van der Waals surface area (Å²) >= 11 is 5.95. The van der Waals surface area contributed by atoms with Gasteiger partial charge in [-0.2, -0.15) is 0 Å². The minimum atomic E-state index is -0.373. The summed E-state index contributed by atoms with van der Waals surface area (Å²) in [6.45, 7) is 1.45. The van der Waals surface area contributed by atoms with Crippen LogP contribution in [0.1, 0.15) is 22.3 Å². The Bertz CT molecular complexity index is 745. The zero-order valence-corrected chi connectivity index (χ0v) is 12.7. The summed E-state index contributed by atoms with van der Waals surface area (Å²) in [5.74, 6) is 0.0499. The van der Waals surface area contributed by atoms with E-state index in [0.29, 0.717) is 18.0 Å². The standard InChI is InChI=1S/C18H15ClFNO/c19-15-6-4-13(5-7-15)18-9-14(18)10-21(11-18)17(22)12-2-1-3-16(20)8-12/h1-8,14H,9-11H2. The van der Waals surface area contributed by atoms with Crippen LogP contribution in [-0.2, 0) is 5.41 Å². The molecule has 2 nitrogen and oxygen atoms in total. The summed E-state index contributed by atoms with van der Waals surface area (Å²) < 4.78 is 13.3. The van der Waals surface area contributed by atoms with Crippen molar-refractivity contribution < 1.29 is 9.18 Å². The number of fused-ring (bicyclic) bond motifs is 1. The van der Waals surface area contributed by atoms with Crippen LogP contribution in [0.25, 0.3) is 0 Å². The van der Waals surface area contributed by atoms with Crippen molar-refractivity contribution in [3.8, 4) is 0 Å². The molecular formula is C18H15ClFNO. The van der Waals surface area contributed by atoms with E-state index in [1.54, 1.807) is 12.1 Å². The molecule has 22 heavy (non-hydrogen) atoms. The maximum Gasteiger partial charge on any atom is 0.253 e. The molecule has 2 fully saturated rings. The minimum Gasteiger partial charge on any atom is -0.337 e. The third-order valence-corrected chi connectivity index (χ3v) is 5.18. The Morgan fingerprint density at radius 1 is 1.23 bits per heavy atom. The molecular weight excluding hydrogens is 301 g/mol. The van der Waals surface area contributed by atoms with Gasteiger partial charge in [0, 0.05) is 29.1 Å². The van der Waals surface area contributed by atoms with Gasteiger partial charge in [0.15, 0.2) is 0 Å². The average Bonchev–Trinajstić information content (AvgIpc) is 3.09. The van der Waals surface area contributed by atoms with Gasteiger partial charge in [0.25, 0.3) is 5.91 Å². The van der Waals surface area contributed by atoms with E-state index >= 15 is 0 Å². The molecule has 2 atom stereocenters. The lowest BCUT2D eigenvalue weighted by atomic mass is 9.95. The third-order valence-electron chi connectivity index (χ3n) is 4.92. The number of nitrogens with zero attached hydrogens (tertiary/aromatic N) is 1. The van der Waals surface area contributed by atoms with Crippen LogP contribution in [0, 0.1) is 11.7 Å². The molecule has 1 saturated carbocycles. The average molecular weight is 316 g/mol. The first-order valence-electron chi connectivity index (χ1n) is 7.39. The Balaban J connectivity index is 1.56. The summed E-state index contributed by atoms with van der Waals surface area (Å²) in [4.78, 5) is 14.4. The topological polar surface area (TPSA) is 20.3 Å². The fourth-order valence-corrected chi connectivity index (χ4v) is 3.80. The van der Waals surface area contributed by atoms with Crippen LogP contribution in [0.4, 0.5) is 4.39 Å². The zero-order chi connectivity index (χ0) is 15.3. The third kappa shape index (κ3) is 2.12. The van der Waals surface area contributed by atoms with Crippen LogP contribution in [-0.4, -0.2) is 23.9 Å². The highest BCUT2D eigenvalue weighted by molar-refractivity contribution is 6.30. The predicted octanol–water partition coefficient (Wildman–Crippen LogP) is 3.89. The van der Waals surface area contributed by atoms with Gasteiger partial charge in [0.2, 0.25) is 0 Å². The molecule has 0 N–H and O–H groups in total. The monoisotopic (exact) mass is 315 g/mol. The summed E-state index contributed by atoms with van der Waals surface area (Å²) in [5.41, 5.74) is 1.75. The van der Waals surface area contributed by atoms with E-state index in [-0.39, 0.29) is 17.1 Å². The Hall–Kier alpha value is -1.87. The minimum absolute atomic E-state index is 0.0770. The highest BCUT2D eigenvalue weighted by Crippen LogP contribution is 2.59. The fraction of sp³-hybridized carbons (Fsp3) is 0.278. The first kappa shape index (κ1) is 13.8. The summed E-state index contributed by atoms with van der Waals surface area (Å²) in [7, 11) is 0. The first-order chi connectivity index (χ1) is 10.6. The van der Waals surface area contributed by atoms with Crippen molar-refractivity contribution in [1.82, 2.24) is 4.90 Å². The maximum atomic E-state index is 13.3. The fourth-order valence-electron chi connectivity index (χ4n) is 3.67. The highest BCUT2D eigenvalue weighted by atomic mass is 35.5. The van der Waals surface area contributed by atoms with Gasteiger partial charge in [0.1, 0.15) is 5.82 Å². The van der Waals surface area contributed by atoms with Crippen molar-refractivity contribution in [2.75, 3.05) is 13.1 Å². The number of likely N-dealkylation sites (tertiary alicyclic amines) is 1. The van der Waals surface area contributed by atoms with E-state index in [1.165, 1.54) is 17.7 Å². The molecule has 1 aliphatic carbocycles. The molecule has 1 aliphatic heterocycles. The molecule has 2 unspecified atom stereocenters. The first-order valence-corrected chi connectivity index (χ1v) is 7.77. The molecule has 0 spiro atoms. The number of rotatable bonds is 2. The Kier molecular flexibility index (Phi) is 3.01. The van der Waals surface area contributed by atoms with Gasteiger partial charge in [-0.1, -0.05) is 29.8 Å². The summed E-state index contributed by atoms with van der Waals surface area (Å²) in [5, 5.41) is 0.725. The number of hydrogen-bond acceptors (Lipinski definition) is 1. The molecule has 1 heterocycles. The van der Waals surface area contributed by atoms with Gasteiger partial charge in [0.05, 0.1) is 0 Å². The quantitative estimate of drug-likeness (QED) is 0.823. The van der Waals surface area contributed by atoms with Crippen LogP contribution in [0.15, 0.2) is 48.5 Å². The molecule has 4 rings (SSSR count). The number of piperidine rings is 1. The maximum absolute atomic E-state index is 13.3. The second-order valence-electron chi connectivity index (χ2n) is 6.26. The smallest absolute Gasteiger partial charge is 0.253 e. The molecule has 1 saturated heterocycles. The molecule has 0 bridgehead atoms. The van der Waals surface area contributed by atoms with E-state index in [9.17, 15) is 9.18 Å². The van der Waals surface area contributed by atoms with Crippen molar-refractivity contribution in [3.63, 3.8) is 0 Å². The highest BCUT2D eigenvalue weighted by Gasteiger charge is 2.61. The molecule has 112 valence electrons. The second-order valence-corrected chi connectivity index (χ2v) is 6.70. The summed E-state index contributed by atoms with van der Waals surface area (Å²) in [6.07, 6.45) is 1.11. The van der Waals surface area contributed by atoms with Gasteiger partial charge in [-0.25, -0.2) is 4.39 Å². The van der Waals surface area contributed by atoms with E-state index in [0.717, 1.165) is 18.0 Å². The number of hydrogen-bond donors (Lipinski definition) is 0. The lowest BCUT2D eigenvalue weighted by Gasteiger charge is -2.21. The van der Waals surface area contributed by atoms with E-state index in [2.05, 4.69) is 12.1 Å². The number of carbonyl (C=O) groups excluding carboxylic acids is 1. The van der Waals surface area contributed by atoms with Gasteiger partial charge in [-0.05, 0) is 48.2 Å². The summed E-state index contributed by atoms with van der Waals surface area (Å²) in [6, 6.07) is 13.8. The lowest BCUT2D eigenvalue weighted by Crippen LogP contribution is -2.32. The predicted molar refractivity (Wildman–Crippen MR) is 83.5 cm³/mol. The van der Waals surface area contributed by atoms with Crippen molar-refractivity contribution >= 4 is 17.5 Å².